The van der Waals surface area contributed by atoms with Gasteiger partial charge in [-0.05, 0) is 69.3 Å². The molecule has 8 nitrogen and oxygen atoms in total. The van der Waals surface area contributed by atoms with Gasteiger partial charge in [0.1, 0.15) is 5.75 Å². The number of ether oxygens (including phenoxy) is 2. The summed E-state index contributed by atoms with van der Waals surface area (Å²) in [5.41, 5.74) is 0.670. The van der Waals surface area contributed by atoms with Gasteiger partial charge in [0.2, 0.25) is 10.0 Å². The Morgan fingerprint density at radius 3 is 2.03 bits per heavy atom. The number of carbonyl (C=O) groups is 2. The molecule has 0 aliphatic rings. The standard InChI is InChI=1S/C20H24N2O6S/c1-13(2)22-29(25,26)18-11-7-16(8-12-18)21-19(23)14(3)28-20(24)15-5-9-17(27-4)10-6-15/h5-14,22H,1-4H3,(H,21,23)/t14-/m0/s1. The molecule has 2 aromatic carbocycles. The molecule has 2 aromatic rings. The molecule has 0 bridgehead atoms. The van der Waals surface area contributed by atoms with E-state index in [1.165, 1.54) is 50.4 Å². The van der Waals surface area contributed by atoms with Crippen molar-refractivity contribution in [2.45, 2.75) is 37.8 Å². The molecular weight excluding hydrogens is 396 g/mol. The number of benzene rings is 2. The number of hydrogen-bond acceptors (Lipinski definition) is 6. The summed E-state index contributed by atoms with van der Waals surface area (Å²) < 4.78 is 36.9. The zero-order chi connectivity index (χ0) is 21.6. The quantitative estimate of drug-likeness (QED) is 0.635. The normalized spacial score (nSPS) is 12.3. The van der Waals surface area contributed by atoms with Gasteiger partial charge in [-0.1, -0.05) is 0 Å². The molecule has 0 aromatic heterocycles. The fourth-order valence-corrected chi connectivity index (χ4v) is 3.60. The van der Waals surface area contributed by atoms with Gasteiger partial charge in [-0.2, -0.15) is 0 Å². The minimum Gasteiger partial charge on any atom is -0.497 e. The lowest BCUT2D eigenvalue weighted by molar-refractivity contribution is -0.123. The van der Waals surface area contributed by atoms with Crippen molar-refractivity contribution in [2.24, 2.45) is 0 Å². The van der Waals surface area contributed by atoms with Crippen LogP contribution in [0, 0.1) is 0 Å². The molecule has 0 heterocycles. The molecule has 0 radical (unpaired) electrons. The molecule has 0 fully saturated rings. The summed E-state index contributed by atoms with van der Waals surface area (Å²) in [5, 5.41) is 2.58. The van der Waals surface area contributed by atoms with Crippen LogP contribution in [0.4, 0.5) is 5.69 Å². The van der Waals surface area contributed by atoms with Crippen LogP contribution in [0.15, 0.2) is 53.4 Å². The second-order valence-electron chi connectivity index (χ2n) is 6.57. The molecule has 0 spiro atoms. The van der Waals surface area contributed by atoms with Gasteiger partial charge in [0.15, 0.2) is 6.10 Å². The van der Waals surface area contributed by atoms with Gasteiger partial charge in [-0.25, -0.2) is 17.9 Å². The summed E-state index contributed by atoms with van der Waals surface area (Å²) in [6, 6.07) is 11.8. The Hall–Kier alpha value is -2.91. The molecule has 0 unspecified atom stereocenters. The van der Waals surface area contributed by atoms with Crippen LogP contribution in [0.25, 0.3) is 0 Å². The number of nitrogens with one attached hydrogen (secondary N) is 2. The van der Waals surface area contributed by atoms with Crippen molar-refractivity contribution in [3.05, 3.63) is 54.1 Å². The average molecular weight is 420 g/mol. The molecule has 0 saturated carbocycles. The van der Waals surface area contributed by atoms with Crippen molar-refractivity contribution in [3.63, 3.8) is 0 Å². The van der Waals surface area contributed by atoms with E-state index in [0.29, 0.717) is 11.4 Å². The molecule has 0 aliphatic carbocycles. The van der Waals surface area contributed by atoms with Crippen molar-refractivity contribution in [1.82, 2.24) is 4.72 Å². The number of carbonyl (C=O) groups excluding carboxylic acids is 2. The van der Waals surface area contributed by atoms with Crippen LogP contribution in [0.1, 0.15) is 31.1 Å². The first-order chi connectivity index (χ1) is 13.6. The minimum atomic E-state index is -3.61. The first kappa shape index (κ1) is 22.4. The summed E-state index contributed by atoms with van der Waals surface area (Å²) in [4.78, 5) is 24.5. The van der Waals surface area contributed by atoms with Crippen LogP contribution in [0.2, 0.25) is 0 Å². The minimum absolute atomic E-state index is 0.0863. The highest BCUT2D eigenvalue weighted by Crippen LogP contribution is 2.16. The average Bonchev–Trinajstić information content (AvgIpc) is 2.67. The van der Waals surface area contributed by atoms with Gasteiger partial charge in [0.05, 0.1) is 17.6 Å². The van der Waals surface area contributed by atoms with Crippen LogP contribution >= 0.6 is 0 Å². The molecular formula is C20H24N2O6S. The Morgan fingerprint density at radius 2 is 1.52 bits per heavy atom. The fraction of sp³-hybridized carbons (Fsp3) is 0.300. The molecule has 2 rings (SSSR count). The topological polar surface area (TPSA) is 111 Å². The number of methoxy groups -OCH3 is 1. The van der Waals surface area contributed by atoms with Gasteiger partial charge in [0, 0.05) is 11.7 Å². The second-order valence-corrected chi connectivity index (χ2v) is 8.28. The lowest BCUT2D eigenvalue weighted by Crippen LogP contribution is -2.30. The Balaban J connectivity index is 1.97. The predicted octanol–water partition coefficient (Wildman–Crippen LogP) is 2.57. The lowest BCUT2D eigenvalue weighted by Gasteiger charge is -2.14. The first-order valence-corrected chi connectivity index (χ1v) is 10.4. The number of amides is 1. The van der Waals surface area contributed by atoms with Crippen molar-refractivity contribution in [1.29, 1.82) is 0 Å². The van der Waals surface area contributed by atoms with E-state index >= 15 is 0 Å². The fourth-order valence-electron chi connectivity index (χ4n) is 2.35. The van der Waals surface area contributed by atoms with Gasteiger partial charge >= 0.3 is 5.97 Å². The number of sulfonamides is 1. The molecule has 9 heteroatoms. The Morgan fingerprint density at radius 1 is 0.931 bits per heavy atom. The van der Waals surface area contributed by atoms with E-state index in [1.807, 2.05) is 0 Å². The zero-order valence-corrected chi connectivity index (χ0v) is 17.4. The highest BCUT2D eigenvalue weighted by molar-refractivity contribution is 7.89. The monoisotopic (exact) mass is 420 g/mol. The van der Waals surface area contributed by atoms with E-state index in [9.17, 15) is 18.0 Å². The van der Waals surface area contributed by atoms with E-state index in [4.69, 9.17) is 9.47 Å². The van der Waals surface area contributed by atoms with Gasteiger partial charge in [-0.3, -0.25) is 4.79 Å². The third-order valence-electron chi connectivity index (χ3n) is 3.80. The zero-order valence-electron chi connectivity index (χ0n) is 16.6. The third-order valence-corrected chi connectivity index (χ3v) is 5.48. The Labute approximate surface area is 170 Å². The van der Waals surface area contributed by atoms with Crippen molar-refractivity contribution >= 4 is 27.6 Å². The SMILES string of the molecule is COc1ccc(C(=O)O[C@@H](C)C(=O)Nc2ccc(S(=O)(=O)NC(C)C)cc2)cc1. The number of hydrogen-bond donors (Lipinski definition) is 2. The number of rotatable bonds is 8. The van der Waals surface area contributed by atoms with Crippen molar-refractivity contribution in [2.75, 3.05) is 12.4 Å². The molecule has 2 N–H and O–H groups in total. The van der Waals surface area contributed by atoms with Crippen LogP contribution in [-0.2, 0) is 19.6 Å². The van der Waals surface area contributed by atoms with E-state index in [-0.39, 0.29) is 16.5 Å². The van der Waals surface area contributed by atoms with Crippen molar-refractivity contribution in [3.8, 4) is 5.75 Å². The number of esters is 1. The summed E-state index contributed by atoms with van der Waals surface area (Å²) in [7, 11) is -2.10. The van der Waals surface area contributed by atoms with Gasteiger partial charge in [-0.15, -0.1) is 0 Å². The summed E-state index contributed by atoms with van der Waals surface area (Å²) in [6.07, 6.45) is -1.05. The predicted molar refractivity (Wildman–Crippen MR) is 108 cm³/mol. The maximum absolute atomic E-state index is 12.3. The second kappa shape index (κ2) is 9.53. The van der Waals surface area contributed by atoms with E-state index in [1.54, 1.807) is 26.0 Å². The van der Waals surface area contributed by atoms with Gasteiger partial charge < -0.3 is 14.8 Å². The van der Waals surface area contributed by atoms with Crippen LogP contribution in [-0.4, -0.2) is 39.5 Å². The summed E-state index contributed by atoms with van der Waals surface area (Å²) >= 11 is 0. The van der Waals surface area contributed by atoms with Gasteiger partial charge in [0.25, 0.3) is 5.91 Å². The van der Waals surface area contributed by atoms with Crippen LogP contribution in [0.5, 0.6) is 5.75 Å². The van der Waals surface area contributed by atoms with E-state index < -0.39 is 28.0 Å². The highest BCUT2D eigenvalue weighted by Gasteiger charge is 2.20. The van der Waals surface area contributed by atoms with E-state index in [2.05, 4.69) is 10.0 Å². The molecule has 29 heavy (non-hydrogen) atoms. The molecule has 0 saturated heterocycles. The van der Waals surface area contributed by atoms with Crippen molar-refractivity contribution < 1.29 is 27.5 Å². The first-order valence-electron chi connectivity index (χ1n) is 8.90. The van der Waals surface area contributed by atoms with Crippen LogP contribution in [0.3, 0.4) is 0 Å². The molecule has 0 aliphatic heterocycles. The molecule has 1 atom stereocenters. The maximum Gasteiger partial charge on any atom is 0.338 e. The Kier molecular flexibility index (Phi) is 7.35. The Bertz CT molecular complexity index is 953. The summed E-state index contributed by atoms with van der Waals surface area (Å²) in [5.74, 6) is -0.583. The summed E-state index contributed by atoms with van der Waals surface area (Å²) in [6.45, 7) is 4.89. The van der Waals surface area contributed by atoms with Crippen LogP contribution < -0.4 is 14.8 Å². The largest absolute Gasteiger partial charge is 0.497 e. The van der Waals surface area contributed by atoms with E-state index in [0.717, 1.165) is 0 Å². The lowest BCUT2D eigenvalue weighted by atomic mass is 10.2. The maximum atomic E-state index is 12.3. The highest BCUT2D eigenvalue weighted by atomic mass is 32.2. The smallest absolute Gasteiger partial charge is 0.338 e. The molecule has 156 valence electrons. The number of anilines is 1. The molecule has 1 amide bonds. The third kappa shape index (κ3) is 6.30.